The zero-order chi connectivity index (χ0) is 15.0. The van der Waals surface area contributed by atoms with Crippen LogP contribution >= 0.6 is 11.8 Å². The molecule has 1 amide bonds. The van der Waals surface area contributed by atoms with E-state index in [0.29, 0.717) is 30.0 Å². The minimum atomic E-state index is -1.05. The van der Waals surface area contributed by atoms with E-state index in [1.165, 1.54) is 11.8 Å². The zero-order valence-corrected chi connectivity index (χ0v) is 12.3. The predicted molar refractivity (Wildman–Crippen MR) is 76.0 cm³/mol. The van der Waals surface area contributed by atoms with Gasteiger partial charge in [0.2, 0.25) is 0 Å². The van der Waals surface area contributed by atoms with Crippen molar-refractivity contribution in [1.82, 2.24) is 10.3 Å². The number of hydrogen-bond donors (Lipinski definition) is 2. The Balaban J connectivity index is 2.72. The molecule has 7 heteroatoms. The van der Waals surface area contributed by atoms with Crippen LogP contribution in [0.2, 0.25) is 0 Å². The average molecular weight is 298 g/mol. The molecule has 1 unspecified atom stereocenters. The molecule has 0 aromatic carbocycles. The summed E-state index contributed by atoms with van der Waals surface area (Å²) in [5, 5.41) is 12.2. The number of pyridine rings is 1. The fourth-order valence-electron chi connectivity index (χ4n) is 1.65. The molecule has 0 bridgehead atoms. The van der Waals surface area contributed by atoms with E-state index in [1.54, 1.807) is 25.4 Å². The van der Waals surface area contributed by atoms with Crippen molar-refractivity contribution in [3.63, 3.8) is 0 Å². The van der Waals surface area contributed by atoms with E-state index in [0.717, 1.165) is 0 Å². The first-order chi connectivity index (χ1) is 9.60. The molecule has 0 aliphatic rings. The number of carboxylic acids is 1. The van der Waals surface area contributed by atoms with E-state index in [1.807, 2.05) is 6.26 Å². The van der Waals surface area contributed by atoms with Crippen LogP contribution in [-0.4, -0.2) is 48.0 Å². The van der Waals surface area contributed by atoms with Gasteiger partial charge in [0.1, 0.15) is 11.1 Å². The maximum absolute atomic E-state index is 12.1. The second kappa shape index (κ2) is 8.55. The summed E-state index contributed by atoms with van der Waals surface area (Å²) in [7, 11) is 1.55. The van der Waals surface area contributed by atoms with Crippen LogP contribution in [0.4, 0.5) is 0 Å². The number of carbonyl (C=O) groups is 2. The van der Waals surface area contributed by atoms with Crippen molar-refractivity contribution in [3.8, 4) is 0 Å². The SMILES string of the molecule is COCCCC(NC(=O)c1cccnc1SC)C(=O)O. The Morgan fingerprint density at radius 3 is 2.90 bits per heavy atom. The third-order valence-electron chi connectivity index (χ3n) is 2.65. The van der Waals surface area contributed by atoms with Gasteiger partial charge < -0.3 is 15.2 Å². The monoisotopic (exact) mass is 298 g/mol. The van der Waals surface area contributed by atoms with E-state index in [4.69, 9.17) is 9.84 Å². The number of aromatic nitrogens is 1. The largest absolute Gasteiger partial charge is 0.480 e. The van der Waals surface area contributed by atoms with Crippen LogP contribution in [0.5, 0.6) is 0 Å². The number of aliphatic carboxylic acids is 1. The highest BCUT2D eigenvalue weighted by Crippen LogP contribution is 2.16. The van der Waals surface area contributed by atoms with E-state index in [2.05, 4.69) is 10.3 Å². The molecule has 1 rings (SSSR count). The van der Waals surface area contributed by atoms with Crippen molar-refractivity contribution in [1.29, 1.82) is 0 Å². The average Bonchev–Trinajstić information content (AvgIpc) is 2.46. The van der Waals surface area contributed by atoms with E-state index < -0.39 is 17.9 Å². The molecule has 0 radical (unpaired) electrons. The van der Waals surface area contributed by atoms with E-state index in [9.17, 15) is 9.59 Å². The highest BCUT2D eigenvalue weighted by molar-refractivity contribution is 7.98. The topological polar surface area (TPSA) is 88.5 Å². The summed E-state index contributed by atoms with van der Waals surface area (Å²) in [6.45, 7) is 0.461. The van der Waals surface area contributed by atoms with Gasteiger partial charge in [0.25, 0.3) is 5.91 Å². The lowest BCUT2D eigenvalue weighted by atomic mass is 10.1. The van der Waals surface area contributed by atoms with Gasteiger partial charge in [-0.2, -0.15) is 0 Å². The lowest BCUT2D eigenvalue weighted by Crippen LogP contribution is -2.41. The van der Waals surface area contributed by atoms with Crippen molar-refractivity contribution in [2.24, 2.45) is 0 Å². The van der Waals surface area contributed by atoms with Crippen molar-refractivity contribution >= 4 is 23.6 Å². The number of methoxy groups -OCH3 is 1. The smallest absolute Gasteiger partial charge is 0.326 e. The Bertz CT molecular complexity index is 467. The second-order valence-corrected chi connectivity index (χ2v) is 4.85. The summed E-state index contributed by atoms with van der Waals surface area (Å²) in [5.74, 6) is -1.48. The van der Waals surface area contributed by atoms with Gasteiger partial charge in [0.05, 0.1) is 5.56 Å². The molecule has 0 spiro atoms. The molecular weight excluding hydrogens is 280 g/mol. The minimum absolute atomic E-state index is 0.323. The summed E-state index contributed by atoms with van der Waals surface area (Å²) >= 11 is 1.34. The number of nitrogens with zero attached hydrogens (tertiary/aromatic N) is 1. The maximum Gasteiger partial charge on any atom is 0.326 e. The molecule has 1 aromatic heterocycles. The van der Waals surface area contributed by atoms with Gasteiger partial charge in [0.15, 0.2) is 0 Å². The first-order valence-electron chi connectivity index (χ1n) is 6.11. The van der Waals surface area contributed by atoms with Crippen LogP contribution in [0, 0.1) is 0 Å². The Morgan fingerprint density at radius 1 is 1.55 bits per heavy atom. The predicted octanol–water partition coefficient (Wildman–Crippen LogP) is 1.41. The Kier molecular flexibility index (Phi) is 7.03. The number of carboxylic acid groups (broad SMARTS) is 1. The Morgan fingerprint density at radius 2 is 2.30 bits per heavy atom. The van der Waals surface area contributed by atoms with Crippen LogP contribution in [0.15, 0.2) is 23.4 Å². The van der Waals surface area contributed by atoms with Crippen LogP contribution < -0.4 is 5.32 Å². The third kappa shape index (κ3) is 4.82. The number of nitrogens with one attached hydrogen (secondary N) is 1. The summed E-state index contributed by atoms with van der Waals surface area (Å²) in [4.78, 5) is 27.3. The molecular formula is C13H18N2O4S. The molecule has 110 valence electrons. The van der Waals surface area contributed by atoms with Gasteiger partial charge in [-0.3, -0.25) is 4.79 Å². The van der Waals surface area contributed by atoms with Gasteiger partial charge in [0, 0.05) is 19.9 Å². The Hall–Kier alpha value is -1.60. The summed E-state index contributed by atoms with van der Waals surface area (Å²) in [6, 6.07) is 2.35. The molecule has 1 atom stereocenters. The van der Waals surface area contributed by atoms with Crippen molar-refractivity contribution in [2.75, 3.05) is 20.0 Å². The second-order valence-electron chi connectivity index (χ2n) is 4.06. The molecule has 6 nitrogen and oxygen atoms in total. The normalized spacial score (nSPS) is 11.9. The van der Waals surface area contributed by atoms with E-state index >= 15 is 0 Å². The van der Waals surface area contributed by atoms with Gasteiger partial charge >= 0.3 is 5.97 Å². The fourth-order valence-corrected chi connectivity index (χ4v) is 2.20. The summed E-state index contributed by atoms with van der Waals surface area (Å²) in [6.07, 6.45) is 4.29. The highest BCUT2D eigenvalue weighted by Gasteiger charge is 2.21. The number of ether oxygens (including phenoxy) is 1. The maximum atomic E-state index is 12.1. The minimum Gasteiger partial charge on any atom is -0.480 e. The summed E-state index contributed by atoms with van der Waals surface area (Å²) in [5.41, 5.74) is 0.387. The molecule has 0 saturated heterocycles. The number of thioether (sulfide) groups is 1. The van der Waals surface area contributed by atoms with Gasteiger partial charge in [-0.15, -0.1) is 11.8 Å². The van der Waals surface area contributed by atoms with Gasteiger partial charge in [-0.1, -0.05) is 0 Å². The molecule has 20 heavy (non-hydrogen) atoms. The fraction of sp³-hybridized carbons (Fsp3) is 0.462. The van der Waals surface area contributed by atoms with Crippen LogP contribution in [0.25, 0.3) is 0 Å². The molecule has 0 aliphatic carbocycles. The van der Waals surface area contributed by atoms with Crippen LogP contribution in [-0.2, 0) is 9.53 Å². The molecule has 0 fully saturated rings. The molecule has 2 N–H and O–H groups in total. The Labute approximate surface area is 121 Å². The number of rotatable bonds is 8. The van der Waals surface area contributed by atoms with Crippen molar-refractivity contribution in [3.05, 3.63) is 23.9 Å². The lowest BCUT2D eigenvalue weighted by molar-refractivity contribution is -0.139. The first-order valence-corrected chi connectivity index (χ1v) is 7.34. The molecule has 0 aliphatic heterocycles. The van der Waals surface area contributed by atoms with Crippen molar-refractivity contribution in [2.45, 2.75) is 23.9 Å². The number of amides is 1. The zero-order valence-electron chi connectivity index (χ0n) is 11.5. The quantitative estimate of drug-likeness (QED) is 0.557. The van der Waals surface area contributed by atoms with Crippen LogP contribution in [0.3, 0.4) is 0 Å². The van der Waals surface area contributed by atoms with E-state index in [-0.39, 0.29) is 0 Å². The standard InChI is InChI=1S/C13H18N2O4S/c1-19-8-4-6-10(13(17)18)15-11(16)9-5-3-7-14-12(9)20-2/h3,5,7,10H,4,6,8H2,1-2H3,(H,15,16)(H,17,18). The van der Waals surface area contributed by atoms with Crippen molar-refractivity contribution < 1.29 is 19.4 Å². The summed E-state index contributed by atoms with van der Waals surface area (Å²) < 4.78 is 4.88. The number of carbonyl (C=O) groups excluding carboxylic acids is 1. The van der Waals surface area contributed by atoms with Crippen LogP contribution in [0.1, 0.15) is 23.2 Å². The first kappa shape index (κ1) is 16.5. The number of hydrogen-bond acceptors (Lipinski definition) is 5. The molecule has 1 heterocycles. The van der Waals surface area contributed by atoms with Gasteiger partial charge in [-0.25, -0.2) is 9.78 Å². The highest BCUT2D eigenvalue weighted by atomic mass is 32.2. The third-order valence-corrected chi connectivity index (χ3v) is 3.37. The molecule has 1 aromatic rings. The lowest BCUT2D eigenvalue weighted by Gasteiger charge is -2.15. The molecule has 0 saturated carbocycles. The van der Waals surface area contributed by atoms with Gasteiger partial charge in [-0.05, 0) is 31.2 Å².